The fraction of sp³-hybridized carbons (Fsp3) is 0.333. The molecular weight excluding hydrogens is 270 g/mol. The number of carbonyl (C=O) groups is 2. The molecule has 0 radical (unpaired) electrons. The van der Waals surface area contributed by atoms with Gasteiger partial charge in [0.15, 0.2) is 5.75 Å². The van der Waals surface area contributed by atoms with Crippen molar-refractivity contribution in [2.24, 2.45) is 0 Å². The van der Waals surface area contributed by atoms with Gasteiger partial charge in [0.05, 0.1) is 12.0 Å². The number of hydrogen-bond acceptors (Lipinski definition) is 7. The summed E-state index contributed by atoms with van der Waals surface area (Å²) in [5.41, 5.74) is -0.512. The van der Waals surface area contributed by atoms with Crippen LogP contribution in [0.5, 0.6) is 5.75 Å². The third-order valence-corrected chi connectivity index (χ3v) is 2.23. The first kappa shape index (κ1) is 15.4. The Hall–Kier alpha value is -2.64. The third-order valence-electron chi connectivity index (χ3n) is 2.23. The van der Waals surface area contributed by atoms with E-state index < -0.39 is 28.8 Å². The Bertz CT molecular complexity index is 525. The van der Waals surface area contributed by atoms with Gasteiger partial charge in [0, 0.05) is 13.8 Å². The summed E-state index contributed by atoms with van der Waals surface area (Å²) in [7, 11) is 1.26. The van der Waals surface area contributed by atoms with Crippen LogP contribution < -0.4 is 4.74 Å². The zero-order valence-electron chi connectivity index (χ0n) is 11.1. The summed E-state index contributed by atoms with van der Waals surface area (Å²) in [6.07, 6.45) is -1.50. The second-order valence-corrected chi connectivity index (χ2v) is 3.71. The lowest BCUT2D eigenvalue weighted by atomic mass is 10.1. The maximum atomic E-state index is 11.1. The molecule has 0 aliphatic carbocycles. The van der Waals surface area contributed by atoms with Crippen molar-refractivity contribution < 1.29 is 28.7 Å². The summed E-state index contributed by atoms with van der Waals surface area (Å²) in [5.74, 6) is -1.52. The highest BCUT2D eigenvalue weighted by Gasteiger charge is 2.30. The fourth-order valence-corrected chi connectivity index (χ4v) is 1.54. The predicted molar refractivity (Wildman–Crippen MR) is 65.9 cm³/mol. The molecule has 0 saturated heterocycles. The summed E-state index contributed by atoms with van der Waals surface area (Å²) < 4.78 is 14.5. The molecule has 0 bridgehead atoms. The van der Waals surface area contributed by atoms with Gasteiger partial charge in [-0.3, -0.25) is 19.7 Å². The van der Waals surface area contributed by atoms with Crippen LogP contribution in [0.25, 0.3) is 0 Å². The largest absolute Gasteiger partial charge is 0.490 e. The predicted octanol–water partition coefficient (Wildman–Crippen LogP) is 1.73. The van der Waals surface area contributed by atoms with E-state index in [1.165, 1.54) is 25.3 Å². The van der Waals surface area contributed by atoms with Crippen molar-refractivity contribution in [3.8, 4) is 5.75 Å². The lowest BCUT2D eigenvalue weighted by Gasteiger charge is -2.17. The van der Waals surface area contributed by atoms with E-state index in [1.54, 1.807) is 0 Å². The van der Waals surface area contributed by atoms with Crippen LogP contribution >= 0.6 is 0 Å². The summed E-state index contributed by atoms with van der Waals surface area (Å²) in [4.78, 5) is 32.5. The molecule has 0 unspecified atom stereocenters. The molecule has 1 rings (SSSR count). The summed E-state index contributed by atoms with van der Waals surface area (Å²) in [5, 5.41) is 11.1. The molecule has 1 aromatic carbocycles. The number of hydrogen-bond donors (Lipinski definition) is 0. The van der Waals surface area contributed by atoms with Gasteiger partial charge >= 0.3 is 17.6 Å². The maximum Gasteiger partial charge on any atom is 0.321 e. The SMILES string of the molecule is COc1cccc(C(OC(C)=O)OC(C)=O)c1[N+](=O)[O-]. The molecule has 1 aromatic rings. The molecule has 0 aromatic heterocycles. The molecule has 20 heavy (non-hydrogen) atoms. The Morgan fingerprint density at radius 2 is 1.75 bits per heavy atom. The van der Waals surface area contributed by atoms with Crippen molar-refractivity contribution in [3.05, 3.63) is 33.9 Å². The van der Waals surface area contributed by atoms with Crippen LogP contribution in [-0.2, 0) is 19.1 Å². The van der Waals surface area contributed by atoms with Crippen LogP contribution in [0.2, 0.25) is 0 Å². The summed E-state index contributed by atoms with van der Waals surface area (Å²) in [6, 6.07) is 4.15. The number of nitro benzene ring substituents is 1. The molecule has 0 aliphatic heterocycles. The molecule has 0 fully saturated rings. The van der Waals surface area contributed by atoms with E-state index in [1.807, 2.05) is 0 Å². The van der Waals surface area contributed by atoms with Gasteiger partial charge < -0.3 is 14.2 Å². The number of nitro groups is 1. The Morgan fingerprint density at radius 3 is 2.15 bits per heavy atom. The molecule has 0 heterocycles. The van der Waals surface area contributed by atoms with Crippen LogP contribution in [0.4, 0.5) is 5.69 Å². The Kier molecular flexibility index (Phi) is 5.01. The third kappa shape index (κ3) is 3.67. The van der Waals surface area contributed by atoms with E-state index in [-0.39, 0.29) is 11.3 Å². The molecule has 0 amide bonds. The van der Waals surface area contributed by atoms with E-state index in [4.69, 9.17) is 14.2 Å². The number of benzene rings is 1. The first-order valence-electron chi connectivity index (χ1n) is 5.52. The van der Waals surface area contributed by atoms with Crippen LogP contribution in [0, 0.1) is 10.1 Å². The van der Waals surface area contributed by atoms with E-state index in [0.717, 1.165) is 13.8 Å². The lowest BCUT2D eigenvalue weighted by molar-refractivity contribution is -0.387. The van der Waals surface area contributed by atoms with Gasteiger partial charge in [-0.05, 0) is 12.1 Å². The van der Waals surface area contributed by atoms with Crippen LogP contribution in [0.1, 0.15) is 25.7 Å². The standard InChI is InChI=1S/C12H13NO7/c1-7(14)19-12(20-8(2)15)9-5-4-6-10(18-3)11(9)13(16)17/h4-6,12H,1-3H3. The minimum atomic E-state index is -1.50. The smallest absolute Gasteiger partial charge is 0.321 e. The minimum Gasteiger partial charge on any atom is -0.490 e. The first-order chi connectivity index (χ1) is 9.36. The second-order valence-electron chi connectivity index (χ2n) is 3.71. The van der Waals surface area contributed by atoms with Crippen molar-refractivity contribution >= 4 is 17.6 Å². The highest BCUT2D eigenvalue weighted by atomic mass is 16.7. The molecule has 8 heteroatoms. The number of para-hydroxylation sites is 1. The molecule has 108 valence electrons. The Morgan fingerprint density at radius 1 is 1.20 bits per heavy atom. The highest BCUT2D eigenvalue weighted by molar-refractivity contribution is 5.69. The fourth-order valence-electron chi connectivity index (χ4n) is 1.54. The Balaban J connectivity index is 3.34. The quantitative estimate of drug-likeness (QED) is 0.350. The van der Waals surface area contributed by atoms with E-state index in [9.17, 15) is 19.7 Å². The number of esters is 2. The van der Waals surface area contributed by atoms with Crippen LogP contribution in [-0.4, -0.2) is 24.0 Å². The van der Waals surface area contributed by atoms with Crippen molar-refractivity contribution in [2.75, 3.05) is 7.11 Å². The van der Waals surface area contributed by atoms with E-state index in [0.29, 0.717) is 0 Å². The zero-order chi connectivity index (χ0) is 15.3. The summed E-state index contributed by atoms with van der Waals surface area (Å²) in [6.45, 7) is 2.20. The number of ether oxygens (including phenoxy) is 3. The van der Waals surface area contributed by atoms with Crippen molar-refractivity contribution in [2.45, 2.75) is 20.1 Å². The highest BCUT2D eigenvalue weighted by Crippen LogP contribution is 2.36. The van der Waals surface area contributed by atoms with Gasteiger partial charge in [0.25, 0.3) is 6.29 Å². The average Bonchev–Trinajstić information content (AvgIpc) is 2.35. The average molecular weight is 283 g/mol. The van der Waals surface area contributed by atoms with Gasteiger partial charge in [-0.25, -0.2) is 0 Å². The molecule has 0 spiro atoms. The molecule has 8 nitrogen and oxygen atoms in total. The second kappa shape index (κ2) is 6.50. The first-order valence-corrected chi connectivity index (χ1v) is 5.52. The van der Waals surface area contributed by atoms with Gasteiger partial charge in [-0.1, -0.05) is 6.07 Å². The van der Waals surface area contributed by atoms with Crippen LogP contribution in [0.15, 0.2) is 18.2 Å². The van der Waals surface area contributed by atoms with Crippen molar-refractivity contribution in [3.63, 3.8) is 0 Å². The number of rotatable bonds is 5. The van der Waals surface area contributed by atoms with Crippen molar-refractivity contribution in [1.29, 1.82) is 0 Å². The molecule has 0 N–H and O–H groups in total. The van der Waals surface area contributed by atoms with Gasteiger partial charge in [-0.15, -0.1) is 0 Å². The van der Waals surface area contributed by atoms with Gasteiger partial charge in [0.2, 0.25) is 0 Å². The molecule has 0 atom stereocenters. The normalized spacial score (nSPS) is 10.0. The molecule has 0 saturated carbocycles. The monoisotopic (exact) mass is 283 g/mol. The maximum absolute atomic E-state index is 11.1. The number of nitrogens with zero attached hydrogens (tertiary/aromatic N) is 1. The minimum absolute atomic E-state index is 0.0307. The molecular formula is C12H13NO7. The van der Waals surface area contributed by atoms with Crippen LogP contribution in [0.3, 0.4) is 0 Å². The van der Waals surface area contributed by atoms with E-state index >= 15 is 0 Å². The number of methoxy groups -OCH3 is 1. The van der Waals surface area contributed by atoms with Gasteiger partial charge in [0.1, 0.15) is 5.56 Å². The number of carbonyl (C=O) groups excluding carboxylic acids is 2. The summed E-state index contributed by atoms with van der Waals surface area (Å²) >= 11 is 0. The lowest BCUT2D eigenvalue weighted by Crippen LogP contribution is -2.16. The van der Waals surface area contributed by atoms with E-state index in [2.05, 4.69) is 0 Å². The zero-order valence-corrected chi connectivity index (χ0v) is 11.1. The van der Waals surface area contributed by atoms with Crippen molar-refractivity contribution in [1.82, 2.24) is 0 Å². The van der Waals surface area contributed by atoms with Gasteiger partial charge in [-0.2, -0.15) is 0 Å². The Labute approximate surface area is 114 Å². The topological polar surface area (TPSA) is 105 Å². The molecule has 0 aliphatic rings.